The molecule has 2 rings (SSSR count). The maximum absolute atomic E-state index is 12.8. The first-order valence-corrected chi connectivity index (χ1v) is 8.89. The second-order valence-corrected chi connectivity index (χ2v) is 6.52. The van der Waals surface area contributed by atoms with Gasteiger partial charge in [-0.05, 0) is 18.6 Å². The molecule has 2 aromatic rings. The molecule has 1 aromatic carbocycles. The molecule has 0 atom stereocenters. The third kappa shape index (κ3) is 5.03. The number of amides is 1. The summed E-state index contributed by atoms with van der Waals surface area (Å²) in [6, 6.07) is 7.69. The predicted octanol–water partition coefficient (Wildman–Crippen LogP) is 0.536. The number of benzene rings is 1. The highest BCUT2D eigenvalue weighted by Gasteiger charge is 2.14. The molecule has 7 nitrogen and oxygen atoms in total. The van der Waals surface area contributed by atoms with E-state index >= 15 is 0 Å². The minimum absolute atomic E-state index is 0.0998. The normalized spacial score (nSPS) is 12.8. The average Bonchev–Trinajstić information content (AvgIpc) is 2.93. The molecule has 0 unspecified atom stereocenters. The molecular formula is C18H17F2N3O4S. The third-order valence-electron chi connectivity index (χ3n) is 3.63. The van der Waals surface area contributed by atoms with Gasteiger partial charge in [-0.3, -0.25) is 14.2 Å². The summed E-state index contributed by atoms with van der Waals surface area (Å²) < 4.78 is 36.1. The molecule has 1 aromatic heterocycles. The zero-order chi connectivity index (χ0) is 20.7. The van der Waals surface area contributed by atoms with Crippen LogP contribution in [0.25, 0.3) is 11.6 Å². The molecule has 28 heavy (non-hydrogen) atoms. The van der Waals surface area contributed by atoms with Gasteiger partial charge in [0.1, 0.15) is 16.5 Å². The van der Waals surface area contributed by atoms with Crippen LogP contribution in [0.4, 0.5) is 8.78 Å². The molecule has 0 aliphatic heterocycles. The van der Waals surface area contributed by atoms with Gasteiger partial charge in [-0.2, -0.15) is 14.0 Å². The highest BCUT2D eigenvalue weighted by Crippen LogP contribution is 2.20. The summed E-state index contributed by atoms with van der Waals surface area (Å²) in [5, 5.41) is 9.24. The van der Waals surface area contributed by atoms with Crippen molar-refractivity contribution < 1.29 is 23.0 Å². The van der Waals surface area contributed by atoms with Crippen LogP contribution in [-0.2, 0) is 16.1 Å². The number of methoxy groups -OCH3 is 1. The molecule has 0 aliphatic rings. The van der Waals surface area contributed by atoms with E-state index in [1.54, 1.807) is 12.1 Å². The average molecular weight is 409 g/mol. The van der Waals surface area contributed by atoms with Gasteiger partial charge in [0, 0.05) is 25.8 Å². The lowest BCUT2D eigenvalue weighted by atomic mass is 10.2. The second-order valence-electron chi connectivity index (χ2n) is 5.49. The van der Waals surface area contributed by atoms with E-state index in [9.17, 15) is 23.6 Å². The molecule has 0 fully saturated rings. The fourth-order valence-electron chi connectivity index (χ4n) is 2.43. The lowest BCUT2D eigenvalue weighted by molar-refractivity contribution is -0.112. The molecule has 0 radical (unpaired) electrons. The van der Waals surface area contributed by atoms with Gasteiger partial charge in [-0.15, -0.1) is 11.3 Å². The minimum atomic E-state index is -3.02. The quantitative estimate of drug-likeness (QED) is 0.641. The number of alkyl halides is 2. The molecule has 1 heterocycles. The largest absolute Gasteiger partial charge is 0.434 e. The third-order valence-corrected chi connectivity index (χ3v) is 4.76. The summed E-state index contributed by atoms with van der Waals surface area (Å²) in [7, 11) is 1.51. The fraction of sp³-hybridized carbons (Fsp3) is 0.278. The van der Waals surface area contributed by atoms with Gasteiger partial charge in [0.15, 0.2) is 5.57 Å². The number of ether oxygens (including phenoxy) is 2. The van der Waals surface area contributed by atoms with Crippen molar-refractivity contribution in [3.05, 3.63) is 49.4 Å². The molecule has 0 aliphatic carbocycles. The van der Waals surface area contributed by atoms with Gasteiger partial charge in [-0.25, -0.2) is 0 Å². The summed E-state index contributed by atoms with van der Waals surface area (Å²) in [4.78, 5) is 24.4. The van der Waals surface area contributed by atoms with E-state index in [0.29, 0.717) is 13.0 Å². The van der Waals surface area contributed by atoms with Crippen molar-refractivity contribution in [3.63, 3.8) is 0 Å². The molecule has 10 heteroatoms. The van der Waals surface area contributed by atoms with Crippen LogP contribution in [0.1, 0.15) is 12.0 Å². The number of nitrogens with zero attached hydrogens (tertiary/aromatic N) is 2. The number of hydrogen-bond donors (Lipinski definition) is 1. The number of thiazole rings is 1. The van der Waals surface area contributed by atoms with Gasteiger partial charge in [0.2, 0.25) is 0 Å². The topological polar surface area (TPSA) is 107 Å². The van der Waals surface area contributed by atoms with Crippen LogP contribution in [0.3, 0.4) is 0 Å². The van der Waals surface area contributed by atoms with Crippen LogP contribution in [-0.4, -0.2) is 30.8 Å². The van der Waals surface area contributed by atoms with Crippen molar-refractivity contribution in [1.29, 1.82) is 5.26 Å². The Morgan fingerprint density at radius 3 is 2.75 bits per heavy atom. The van der Waals surface area contributed by atoms with E-state index in [4.69, 9.17) is 10.5 Å². The maximum atomic E-state index is 12.8. The van der Waals surface area contributed by atoms with Crippen molar-refractivity contribution in [2.45, 2.75) is 19.6 Å². The van der Waals surface area contributed by atoms with Crippen molar-refractivity contribution >= 4 is 28.9 Å². The van der Waals surface area contributed by atoms with Crippen molar-refractivity contribution in [2.75, 3.05) is 13.7 Å². The number of hydrogen-bond acceptors (Lipinski definition) is 6. The van der Waals surface area contributed by atoms with E-state index in [-0.39, 0.29) is 32.6 Å². The lowest BCUT2D eigenvalue weighted by Gasteiger charge is -2.06. The fourth-order valence-corrected chi connectivity index (χ4v) is 3.55. The SMILES string of the molecule is COCCCn1c(=O)/c(=C\c2ccccc2OC(F)F)s/c1=C(\C#N)C(N)=O. The molecule has 2 N–H and O–H groups in total. The Morgan fingerprint density at radius 2 is 2.14 bits per heavy atom. The molecule has 0 bridgehead atoms. The number of halogens is 2. The number of nitrogens with two attached hydrogens (primary N) is 1. The number of primary amides is 1. The highest BCUT2D eigenvalue weighted by molar-refractivity contribution is 7.07. The molecule has 148 valence electrons. The number of rotatable bonds is 8. The summed E-state index contributed by atoms with van der Waals surface area (Å²) in [5.41, 5.74) is 4.68. The van der Waals surface area contributed by atoms with Crippen LogP contribution >= 0.6 is 11.3 Å². The van der Waals surface area contributed by atoms with Crippen LogP contribution in [0.15, 0.2) is 29.1 Å². The smallest absolute Gasteiger partial charge is 0.387 e. The van der Waals surface area contributed by atoms with E-state index in [1.165, 1.54) is 36.0 Å². The first-order valence-electron chi connectivity index (χ1n) is 8.07. The molecule has 0 saturated carbocycles. The Balaban J connectivity index is 2.71. The van der Waals surface area contributed by atoms with Crippen LogP contribution in [0, 0.1) is 11.3 Å². The van der Waals surface area contributed by atoms with Crippen LogP contribution in [0.2, 0.25) is 0 Å². The molecule has 1 amide bonds. The van der Waals surface area contributed by atoms with Gasteiger partial charge in [-0.1, -0.05) is 18.2 Å². The molecular weight excluding hydrogens is 392 g/mol. The molecule has 0 saturated heterocycles. The Bertz CT molecular complexity index is 1070. The number of aromatic nitrogens is 1. The summed E-state index contributed by atoms with van der Waals surface area (Å²) in [6.07, 6.45) is 1.83. The Labute approximate surface area is 162 Å². The van der Waals surface area contributed by atoms with Crippen LogP contribution in [0.5, 0.6) is 5.75 Å². The summed E-state index contributed by atoms with van der Waals surface area (Å²) >= 11 is 0.878. The van der Waals surface area contributed by atoms with E-state index in [0.717, 1.165) is 11.3 Å². The summed E-state index contributed by atoms with van der Waals surface area (Å²) in [5.74, 6) is -1.06. The van der Waals surface area contributed by atoms with Gasteiger partial charge >= 0.3 is 6.61 Å². The Kier molecular flexibility index (Phi) is 7.43. The summed E-state index contributed by atoms with van der Waals surface area (Å²) in [6.45, 7) is -2.46. The van der Waals surface area contributed by atoms with Gasteiger partial charge in [0.05, 0.1) is 4.53 Å². The minimum Gasteiger partial charge on any atom is -0.434 e. The van der Waals surface area contributed by atoms with Crippen molar-refractivity contribution in [2.24, 2.45) is 5.73 Å². The predicted molar refractivity (Wildman–Crippen MR) is 99.2 cm³/mol. The monoisotopic (exact) mass is 409 g/mol. The van der Waals surface area contributed by atoms with Crippen molar-refractivity contribution in [3.8, 4) is 11.8 Å². The standard InChI is InChI=1S/C18H17F2N3O4S/c1-26-8-4-7-23-16(25)14(28-17(23)12(10-21)15(22)24)9-11-5-2-3-6-13(11)27-18(19)20/h2-3,5-6,9,18H,4,7-8H2,1H3,(H2,22,24)/b14-9+,17-12+. The number of para-hydroxylation sites is 1. The van der Waals surface area contributed by atoms with Gasteiger partial charge in [0.25, 0.3) is 11.5 Å². The van der Waals surface area contributed by atoms with Crippen LogP contribution < -0.4 is 25.2 Å². The number of carbonyl (C=O) groups excluding carboxylic acids is 1. The molecule has 0 spiro atoms. The second kappa shape index (κ2) is 9.77. The van der Waals surface area contributed by atoms with Crippen molar-refractivity contribution in [1.82, 2.24) is 4.57 Å². The first-order chi connectivity index (χ1) is 13.4. The van der Waals surface area contributed by atoms with Gasteiger partial charge < -0.3 is 15.2 Å². The zero-order valence-corrected chi connectivity index (χ0v) is 15.7. The highest BCUT2D eigenvalue weighted by atomic mass is 32.1. The Hall–Kier alpha value is -3.03. The van der Waals surface area contributed by atoms with E-state index in [2.05, 4.69) is 4.74 Å². The zero-order valence-electron chi connectivity index (χ0n) is 14.9. The number of nitriles is 1. The maximum Gasteiger partial charge on any atom is 0.387 e. The van der Waals surface area contributed by atoms with E-state index in [1.807, 2.05) is 0 Å². The lowest BCUT2D eigenvalue weighted by Crippen LogP contribution is -2.34. The number of carbonyl (C=O) groups is 1. The first kappa shape index (κ1) is 21.3. The van der Waals surface area contributed by atoms with E-state index < -0.39 is 18.1 Å². The Morgan fingerprint density at radius 1 is 1.43 bits per heavy atom.